The molecule has 0 saturated heterocycles. The van der Waals surface area contributed by atoms with Gasteiger partial charge in [0.25, 0.3) is 0 Å². The summed E-state index contributed by atoms with van der Waals surface area (Å²) in [7, 11) is 1.52. The average molecular weight is 493 g/mol. The van der Waals surface area contributed by atoms with Crippen LogP contribution in [-0.4, -0.2) is 41.6 Å². The molecule has 0 N–H and O–H groups in total. The highest BCUT2D eigenvalue weighted by Crippen LogP contribution is 2.37. The lowest BCUT2D eigenvalue weighted by Crippen LogP contribution is -2.18. The van der Waals surface area contributed by atoms with Crippen molar-refractivity contribution in [1.82, 2.24) is 9.38 Å². The largest absolute Gasteiger partial charge is 0.496 e. The molecule has 3 rings (SSSR count). The summed E-state index contributed by atoms with van der Waals surface area (Å²) < 4.78 is 31.8. The molecular formula is C22H22BrFN2O5. The van der Waals surface area contributed by atoms with Gasteiger partial charge in [0.15, 0.2) is 5.69 Å². The topological polar surface area (TPSA) is 79.1 Å². The molecule has 0 aliphatic rings. The molecule has 164 valence electrons. The van der Waals surface area contributed by atoms with Crippen LogP contribution in [0.5, 0.6) is 5.75 Å². The number of nitrogens with zero attached hydrogens (tertiary/aromatic N) is 2. The Hall–Kier alpha value is -2.94. The number of para-hydroxylation sites is 1. The van der Waals surface area contributed by atoms with Gasteiger partial charge in [0.1, 0.15) is 17.2 Å². The van der Waals surface area contributed by atoms with E-state index in [1.165, 1.54) is 19.4 Å². The van der Waals surface area contributed by atoms with Crippen molar-refractivity contribution in [3.63, 3.8) is 0 Å². The molecule has 1 aromatic carbocycles. The summed E-state index contributed by atoms with van der Waals surface area (Å²) in [5.74, 6) is -1.78. The summed E-state index contributed by atoms with van der Waals surface area (Å²) in [5, 5.41) is 0. The van der Waals surface area contributed by atoms with Crippen molar-refractivity contribution in [3.05, 3.63) is 63.8 Å². The van der Waals surface area contributed by atoms with Gasteiger partial charge in [-0.05, 0) is 35.8 Å². The number of carbonyl (C=O) groups excluding carboxylic acids is 2. The van der Waals surface area contributed by atoms with Crippen LogP contribution in [0.1, 0.15) is 47.9 Å². The second-order valence-electron chi connectivity index (χ2n) is 6.57. The molecule has 0 saturated carbocycles. The molecule has 1 unspecified atom stereocenters. The highest BCUT2D eigenvalue weighted by molar-refractivity contribution is 9.10. The number of ether oxygens (including phenoxy) is 3. The number of pyridine rings is 1. The van der Waals surface area contributed by atoms with E-state index in [4.69, 9.17) is 14.2 Å². The maximum absolute atomic E-state index is 14.2. The van der Waals surface area contributed by atoms with Gasteiger partial charge in [-0.15, -0.1) is 0 Å². The van der Waals surface area contributed by atoms with E-state index in [0.29, 0.717) is 17.0 Å². The highest BCUT2D eigenvalue weighted by Gasteiger charge is 2.32. The highest BCUT2D eigenvalue weighted by atomic mass is 79.9. The normalized spacial score (nSPS) is 11.9. The molecule has 2 aromatic heterocycles. The zero-order valence-corrected chi connectivity index (χ0v) is 18.9. The minimum absolute atomic E-state index is 0.000412. The van der Waals surface area contributed by atoms with E-state index < -0.39 is 23.7 Å². The average Bonchev–Trinajstić information content (AvgIpc) is 3.11. The van der Waals surface area contributed by atoms with E-state index in [1.54, 1.807) is 42.5 Å². The van der Waals surface area contributed by atoms with E-state index in [-0.39, 0.29) is 35.4 Å². The van der Waals surface area contributed by atoms with Crippen LogP contribution >= 0.6 is 15.9 Å². The first-order valence-corrected chi connectivity index (χ1v) is 10.5. The van der Waals surface area contributed by atoms with Crippen molar-refractivity contribution < 1.29 is 28.2 Å². The van der Waals surface area contributed by atoms with Crippen molar-refractivity contribution in [2.45, 2.75) is 26.2 Å². The Morgan fingerprint density at radius 2 is 1.90 bits per heavy atom. The van der Waals surface area contributed by atoms with Crippen LogP contribution in [0.15, 0.2) is 41.0 Å². The van der Waals surface area contributed by atoms with Gasteiger partial charge in [0, 0.05) is 23.7 Å². The number of carbonyl (C=O) groups is 2. The summed E-state index contributed by atoms with van der Waals surface area (Å²) >= 11 is 3.18. The summed E-state index contributed by atoms with van der Waals surface area (Å²) in [5.41, 5.74) is 1.25. The van der Waals surface area contributed by atoms with E-state index in [2.05, 4.69) is 20.9 Å². The van der Waals surface area contributed by atoms with Crippen LogP contribution < -0.4 is 4.74 Å². The van der Waals surface area contributed by atoms with Crippen molar-refractivity contribution in [2.75, 3.05) is 20.3 Å². The van der Waals surface area contributed by atoms with E-state index in [9.17, 15) is 14.0 Å². The maximum Gasteiger partial charge on any atom is 0.358 e. The van der Waals surface area contributed by atoms with Crippen LogP contribution in [-0.2, 0) is 14.3 Å². The molecule has 2 heterocycles. The second kappa shape index (κ2) is 9.91. The number of esters is 2. The summed E-state index contributed by atoms with van der Waals surface area (Å²) in [6.45, 7) is 3.75. The van der Waals surface area contributed by atoms with E-state index >= 15 is 0 Å². The van der Waals surface area contributed by atoms with Crippen LogP contribution in [0.3, 0.4) is 0 Å². The molecule has 7 nitrogen and oxygen atoms in total. The molecular weight excluding hydrogens is 471 g/mol. The van der Waals surface area contributed by atoms with Crippen molar-refractivity contribution in [2.24, 2.45) is 0 Å². The number of imidazole rings is 1. The number of methoxy groups -OCH3 is 1. The SMILES string of the molecule is CCOC(=O)CC(c1ccccc1OC)c1c(C(=O)OCC)nc2cc(F)c(Br)cn12. The Bertz CT molecular complexity index is 1110. The third-order valence-electron chi connectivity index (χ3n) is 4.69. The molecule has 0 spiro atoms. The van der Waals surface area contributed by atoms with Crippen LogP contribution in [0.2, 0.25) is 0 Å². The zero-order valence-electron chi connectivity index (χ0n) is 17.4. The Balaban J connectivity index is 2.31. The molecule has 0 aliphatic heterocycles. The van der Waals surface area contributed by atoms with E-state index in [0.717, 1.165) is 0 Å². The molecule has 0 fully saturated rings. The smallest absolute Gasteiger partial charge is 0.358 e. The van der Waals surface area contributed by atoms with Gasteiger partial charge in [-0.3, -0.25) is 4.79 Å². The second-order valence-corrected chi connectivity index (χ2v) is 7.42. The molecule has 3 aromatic rings. The Morgan fingerprint density at radius 3 is 2.58 bits per heavy atom. The van der Waals surface area contributed by atoms with Gasteiger partial charge in [-0.25, -0.2) is 14.2 Å². The quantitative estimate of drug-likeness (QED) is 0.430. The van der Waals surface area contributed by atoms with Crippen LogP contribution in [0.4, 0.5) is 4.39 Å². The fourth-order valence-electron chi connectivity index (χ4n) is 3.44. The van der Waals surface area contributed by atoms with Crippen molar-refractivity contribution in [3.8, 4) is 5.75 Å². The van der Waals surface area contributed by atoms with Gasteiger partial charge in [-0.1, -0.05) is 18.2 Å². The van der Waals surface area contributed by atoms with Crippen LogP contribution in [0, 0.1) is 5.82 Å². The maximum atomic E-state index is 14.2. The molecule has 0 bridgehead atoms. The van der Waals surface area contributed by atoms with Crippen molar-refractivity contribution in [1.29, 1.82) is 0 Å². The third kappa shape index (κ3) is 4.71. The molecule has 0 radical (unpaired) electrons. The lowest BCUT2D eigenvalue weighted by atomic mass is 9.90. The molecule has 1 atom stereocenters. The lowest BCUT2D eigenvalue weighted by Gasteiger charge is -2.20. The van der Waals surface area contributed by atoms with Gasteiger partial charge in [0.2, 0.25) is 0 Å². The monoisotopic (exact) mass is 492 g/mol. The van der Waals surface area contributed by atoms with E-state index in [1.807, 2.05) is 0 Å². The number of halogens is 2. The molecule has 9 heteroatoms. The predicted molar refractivity (Wildman–Crippen MR) is 115 cm³/mol. The fourth-order valence-corrected chi connectivity index (χ4v) is 3.75. The van der Waals surface area contributed by atoms with Gasteiger partial charge >= 0.3 is 11.9 Å². The van der Waals surface area contributed by atoms with Gasteiger partial charge < -0.3 is 18.6 Å². The minimum atomic E-state index is -0.665. The predicted octanol–water partition coefficient (Wildman–Crippen LogP) is 4.51. The lowest BCUT2D eigenvalue weighted by molar-refractivity contribution is -0.143. The molecule has 31 heavy (non-hydrogen) atoms. The van der Waals surface area contributed by atoms with Crippen LogP contribution in [0.25, 0.3) is 5.65 Å². The summed E-state index contributed by atoms with van der Waals surface area (Å²) in [6.07, 6.45) is 1.40. The first-order valence-electron chi connectivity index (χ1n) is 9.73. The Morgan fingerprint density at radius 1 is 1.19 bits per heavy atom. The van der Waals surface area contributed by atoms with Crippen molar-refractivity contribution >= 4 is 33.5 Å². The Labute approximate surface area is 187 Å². The number of rotatable bonds is 8. The zero-order chi connectivity index (χ0) is 22.5. The summed E-state index contributed by atoms with van der Waals surface area (Å²) in [6, 6.07) is 8.38. The number of hydrogen-bond donors (Lipinski definition) is 0. The first-order chi connectivity index (χ1) is 14.9. The standard InChI is InChI=1S/C22H22BrFN2O5/c1-4-30-19(27)10-14(13-8-6-7-9-17(13)29-3)21-20(22(28)31-5-2)25-18-11-16(24)15(23)12-26(18)21/h6-9,11-12,14H,4-5,10H2,1-3H3. The number of benzene rings is 1. The fraction of sp³-hybridized carbons (Fsp3) is 0.318. The Kier molecular flexibility index (Phi) is 7.27. The number of hydrogen-bond acceptors (Lipinski definition) is 6. The third-order valence-corrected chi connectivity index (χ3v) is 5.27. The van der Waals surface area contributed by atoms with Gasteiger partial charge in [0.05, 0.1) is 36.9 Å². The van der Waals surface area contributed by atoms with Gasteiger partial charge in [-0.2, -0.15) is 0 Å². The first kappa shape index (κ1) is 22.7. The minimum Gasteiger partial charge on any atom is -0.496 e. The molecule has 0 aliphatic carbocycles. The number of aromatic nitrogens is 2. The molecule has 0 amide bonds. The summed E-state index contributed by atoms with van der Waals surface area (Å²) in [4.78, 5) is 29.6. The number of fused-ring (bicyclic) bond motifs is 1.